The standard InChI is InChI=1S/C25H26BrN3O2/c1-18-14-21(26)12-13-22(18)27-24(30)16-29(2)17-25(31)28-23-11-7-6-10-20(23)15-19-8-4-3-5-9-19/h3-14H,15-17H2,1-2H3,(H,27,30)(H,28,31). The summed E-state index contributed by atoms with van der Waals surface area (Å²) in [6, 6.07) is 23.6. The van der Waals surface area contributed by atoms with Crippen LogP contribution in [0.4, 0.5) is 11.4 Å². The van der Waals surface area contributed by atoms with Crippen molar-refractivity contribution in [3.8, 4) is 0 Å². The number of benzene rings is 3. The van der Waals surface area contributed by atoms with Gasteiger partial charge >= 0.3 is 0 Å². The number of amides is 2. The molecule has 2 N–H and O–H groups in total. The summed E-state index contributed by atoms with van der Waals surface area (Å²) in [5, 5.41) is 5.88. The molecule has 0 atom stereocenters. The predicted octanol–water partition coefficient (Wildman–Crippen LogP) is 4.86. The summed E-state index contributed by atoms with van der Waals surface area (Å²) in [5.74, 6) is -0.319. The van der Waals surface area contributed by atoms with Crippen molar-refractivity contribution >= 4 is 39.1 Å². The van der Waals surface area contributed by atoms with Crippen LogP contribution in [0.1, 0.15) is 16.7 Å². The number of para-hydroxylation sites is 1. The van der Waals surface area contributed by atoms with E-state index in [1.165, 1.54) is 5.56 Å². The molecule has 0 saturated heterocycles. The molecule has 5 nitrogen and oxygen atoms in total. The van der Waals surface area contributed by atoms with Crippen molar-refractivity contribution in [2.45, 2.75) is 13.3 Å². The number of rotatable bonds is 8. The molecule has 3 rings (SSSR count). The minimum atomic E-state index is -0.162. The van der Waals surface area contributed by atoms with E-state index in [2.05, 4.69) is 38.7 Å². The monoisotopic (exact) mass is 479 g/mol. The van der Waals surface area contributed by atoms with Crippen molar-refractivity contribution in [2.75, 3.05) is 30.8 Å². The highest BCUT2D eigenvalue weighted by Gasteiger charge is 2.13. The maximum absolute atomic E-state index is 12.6. The van der Waals surface area contributed by atoms with Gasteiger partial charge in [0.1, 0.15) is 0 Å². The average Bonchev–Trinajstić information content (AvgIpc) is 2.72. The fraction of sp³-hybridized carbons (Fsp3) is 0.200. The topological polar surface area (TPSA) is 61.4 Å². The van der Waals surface area contributed by atoms with Crippen molar-refractivity contribution in [1.82, 2.24) is 4.90 Å². The Bertz CT molecular complexity index is 1050. The third-order valence-corrected chi connectivity index (χ3v) is 5.31. The first kappa shape index (κ1) is 22.7. The second kappa shape index (κ2) is 10.9. The molecule has 31 heavy (non-hydrogen) atoms. The number of nitrogens with zero attached hydrogens (tertiary/aromatic N) is 1. The Kier molecular flexibility index (Phi) is 7.98. The van der Waals surface area contributed by atoms with E-state index in [1.807, 2.05) is 67.6 Å². The van der Waals surface area contributed by atoms with Crippen LogP contribution in [-0.2, 0) is 16.0 Å². The molecule has 0 radical (unpaired) electrons. The predicted molar refractivity (Wildman–Crippen MR) is 129 cm³/mol. The molecule has 6 heteroatoms. The molecule has 0 unspecified atom stereocenters. The van der Waals surface area contributed by atoms with Crippen molar-refractivity contribution in [3.63, 3.8) is 0 Å². The maximum atomic E-state index is 12.6. The highest BCUT2D eigenvalue weighted by molar-refractivity contribution is 9.10. The summed E-state index contributed by atoms with van der Waals surface area (Å²) in [5.41, 5.74) is 4.76. The number of likely N-dealkylation sites (N-methyl/N-ethyl adjacent to an activating group) is 1. The first-order valence-corrected chi connectivity index (χ1v) is 10.9. The van der Waals surface area contributed by atoms with Gasteiger partial charge in [0.25, 0.3) is 0 Å². The van der Waals surface area contributed by atoms with E-state index in [0.717, 1.165) is 33.4 Å². The Morgan fingerprint density at radius 2 is 1.45 bits per heavy atom. The van der Waals surface area contributed by atoms with Gasteiger partial charge in [0, 0.05) is 15.8 Å². The van der Waals surface area contributed by atoms with E-state index in [4.69, 9.17) is 0 Å². The summed E-state index contributed by atoms with van der Waals surface area (Å²) >= 11 is 3.42. The molecule has 3 aromatic rings. The third-order valence-electron chi connectivity index (χ3n) is 4.82. The third kappa shape index (κ3) is 7.05. The second-order valence-corrected chi connectivity index (χ2v) is 8.46. The summed E-state index contributed by atoms with van der Waals surface area (Å²) in [6.45, 7) is 2.17. The van der Waals surface area contributed by atoms with E-state index in [0.29, 0.717) is 0 Å². The molecule has 160 valence electrons. The van der Waals surface area contributed by atoms with E-state index < -0.39 is 0 Å². The minimum absolute atomic E-state index is 0.117. The van der Waals surface area contributed by atoms with Gasteiger partial charge in [-0.1, -0.05) is 64.5 Å². The average molecular weight is 480 g/mol. The van der Waals surface area contributed by atoms with Gasteiger partial charge in [-0.05, 0) is 61.3 Å². The molecule has 0 bridgehead atoms. The van der Waals surface area contributed by atoms with Crippen LogP contribution in [0, 0.1) is 6.92 Å². The number of carbonyl (C=O) groups is 2. The highest BCUT2D eigenvalue weighted by atomic mass is 79.9. The molecule has 0 aliphatic rings. The Morgan fingerprint density at radius 1 is 0.839 bits per heavy atom. The highest BCUT2D eigenvalue weighted by Crippen LogP contribution is 2.20. The first-order chi connectivity index (χ1) is 14.9. The zero-order valence-electron chi connectivity index (χ0n) is 17.7. The smallest absolute Gasteiger partial charge is 0.238 e. The number of hydrogen-bond acceptors (Lipinski definition) is 3. The number of halogens is 1. The van der Waals surface area contributed by atoms with Crippen molar-refractivity contribution in [1.29, 1.82) is 0 Å². The van der Waals surface area contributed by atoms with Crippen LogP contribution in [0.25, 0.3) is 0 Å². The van der Waals surface area contributed by atoms with Crippen molar-refractivity contribution in [3.05, 3.63) is 94.0 Å². The van der Waals surface area contributed by atoms with E-state index >= 15 is 0 Å². The molecule has 0 fully saturated rings. The van der Waals surface area contributed by atoms with Crippen LogP contribution < -0.4 is 10.6 Å². The van der Waals surface area contributed by atoms with Crippen LogP contribution in [0.3, 0.4) is 0 Å². The van der Waals surface area contributed by atoms with Crippen LogP contribution in [0.5, 0.6) is 0 Å². The lowest BCUT2D eigenvalue weighted by molar-refractivity contribution is -0.119. The Morgan fingerprint density at radius 3 is 2.13 bits per heavy atom. The molecular weight excluding hydrogens is 454 g/mol. The van der Waals surface area contributed by atoms with Crippen LogP contribution in [-0.4, -0.2) is 36.9 Å². The zero-order chi connectivity index (χ0) is 22.2. The van der Waals surface area contributed by atoms with E-state index in [1.54, 1.807) is 11.9 Å². The molecule has 0 aromatic heterocycles. The van der Waals surface area contributed by atoms with Gasteiger partial charge in [-0.15, -0.1) is 0 Å². The Labute approximate surface area is 191 Å². The fourth-order valence-electron chi connectivity index (χ4n) is 3.31. The zero-order valence-corrected chi connectivity index (χ0v) is 19.3. The van der Waals surface area contributed by atoms with Gasteiger partial charge in [0.05, 0.1) is 13.1 Å². The fourth-order valence-corrected chi connectivity index (χ4v) is 3.78. The van der Waals surface area contributed by atoms with Crippen LogP contribution in [0.15, 0.2) is 77.3 Å². The van der Waals surface area contributed by atoms with Crippen LogP contribution >= 0.6 is 15.9 Å². The van der Waals surface area contributed by atoms with Crippen molar-refractivity contribution < 1.29 is 9.59 Å². The number of aryl methyl sites for hydroxylation is 1. The molecule has 0 aliphatic carbocycles. The molecule has 0 heterocycles. The molecule has 0 saturated carbocycles. The largest absolute Gasteiger partial charge is 0.325 e. The summed E-state index contributed by atoms with van der Waals surface area (Å²) in [7, 11) is 1.75. The number of hydrogen-bond donors (Lipinski definition) is 2. The maximum Gasteiger partial charge on any atom is 0.238 e. The molecule has 2 amide bonds. The van der Waals surface area contributed by atoms with Gasteiger partial charge in [0.15, 0.2) is 0 Å². The first-order valence-electron chi connectivity index (χ1n) is 10.1. The van der Waals surface area contributed by atoms with Gasteiger partial charge in [0.2, 0.25) is 11.8 Å². The van der Waals surface area contributed by atoms with Gasteiger partial charge in [-0.2, -0.15) is 0 Å². The normalized spacial score (nSPS) is 10.7. The van der Waals surface area contributed by atoms with Gasteiger partial charge < -0.3 is 10.6 Å². The lowest BCUT2D eigenvalue weighted by Crippen LogP contribution is -2.36. The SMILES string of the molecule is Cc1cc(Br)ccc1NC(=O)CN(C)CC(=O)Nc1ccccc1Cc1ccccc1. The van der Waals surface area contributed by atoms with E-state index in [9.17, 15) is 9.59 Å². The van der Waals surface area contributed by atoms with E-state index in [-0.39, 0.29) is 24.9 Å². The molecular formula is C25H26BrN3O2. The summed E-state index contributed by atoms with van der Waals surface area (Å²) in [4.78, 5) is 26.6. The van der Waals surface area contributed by atoms with Gasteiger partial charge in [-0.25, -0.2) is 0 Å². The molecule has 0 spiro atoms. The molecule has 3 aromatic carbocycles. The number of carbonyl (C=O) groups excluding carboxylic acids is 2. The Balaban J connectivity index is 1.54. The lowest BCUT2D eigenvalue weighted by Gasteiger charge is -2.17. The lowest BCUT2D eigenvalue weighted by atomic mass is 10.0. The summed E-state index contributed by atoms with van der Waals surface area (Å²) < 4.78 is 0.962. The molecule has 0 aliphatic heterocycles. The second-order valence-electron chi connectivity index (χ2n) is 7.55. The van der Waals surface area contributed by atoms with Crippen molar-refractivity contribution in [2.24, 2.45) is 0 Å². The van der Waals surface area contributed by atoms with Crippen LogP contribution in [0.2, 0.25) is 0 Å². The minimum Gasteiger partial charge on any atom is -0.325 e. The number of nitrogens with one attached hydrogen (secondary N) is 2. The van der Waals surface area contributed by atoms with Gasteiger partial charge in [-0.3, -0.25) is 14.5 Å². The Hall–Kier alpha value is -2.96. The summed E-state index contributed by atoms with van der Waals surface area (Å²) in [6.07, 6.45) is 0.738. The number of anilines is 2. The quantitative estimate of drug-likeness (QED) is 0.484.